The molecule has 0 saturated heterocycles. The molecule has 0 aliphatic heterocycles. The number of nitrogens with two attached hydrogens (primary N) is 1. The maximum atomic E-state index is 13.1. The Morgan fingerprint density at radius 3 is 2.53 bits per heavy atom. The predicted octanol–water partition coefficient (Wildman–Crippen LogP) is 1.27. The molecule has 5 nitrogen and oxygen atoms in total. The van der Waals surface area contributed by atoms with Crippen LogP contribution in [0.15, 0.2) is 22.7 Å². The molecule has 1 atom stereocenters. The molecule has 0 radical (unpaired) electrons. The Hall–Kier alpha value is -1.86. The van der Waals surface area contributed by atoms with Crippen molar-refractivity contribution in [3.8, 4) is 11.4 Å². The zero-order chi connectivity index (χ0) is 14.0. The molecule has 1 aromatic heterocycles. The molecular weight excluding hydrogens is 256 g/mol. The Kier molecular flexibility index (Phi) is 3.59. The van der Waals surface area contributed by atoms with E-state index in [0.717, 1.165) is 18.2 Å². The number of halogens is 2. The topological polar surface area (TPSA) is 85.2 Å². The summed E-state index contributed by atoms with van der Waals surface area (Å²) in [5.74, 6) is -1.25. The van der Waals surface area contributed by atoms with Crippen molar-refractivity contribution in [1.29, 1.82) is 0 Å². The van der Waals surface area contributed by atoms with Crippen LogP contribution in [-0.4, -0.2) is 27.4 Å². The standard InChI is InChI=1S/C12H13F2N3O2/c1-12(18,6-15)5-10-16-11(17-19-10)7-2-8(13)4-9(14)3-7/h2-4,18H,5-6,15H2,1H3. The highest BCUT2D eigenvalue weighted by Gasteiger charge is 2.23. The summed E-state index contributed by atoms with van der Waals surface area (Å²) >= 11 is 0. The monoisotopic (exact) mass is 269 g/mol. The van der Waals surface area contributed by atoms with Gasteiger partial charge in [-0.3, -0.25) is 0 Å². The molecule has 0 saturated carbocycles. The number of hydrogen-bond acceptors (Lipinski definition) is 5. The molecule has 1 aromatic carbocycles. The molecule has 0 aliphatic rings. The van der Waals surface area contributed by atoms with E-state index in [1.54, 1.807) is 0 Å². The fourth-order valence-electron chi connectivity index (χ4n) is 1.52. The lowest BCUT2D eigenvalue weighted by molar-refractivity contribution is 0.0610. The summed E-state index contributed by atoms with van der Waals surface area (Å²) in [7, 11) is 0. The minimum atomic E-state index is -1.17. The number of rotatable bonds is 4. The van der Waals surface area contributed by atoms with Crippen LogP contribution in [0.5, 0.6) is 0 Å². The summed E-state index contributed by atoms with van der Waals surface area (Å²) in [5, 5.41) is 13.4. The average molecular weight is 269 g/mol. The average Bonchev–Trinajstić information content (AvgIpc) is 2.75. The Balaban J connectivity index is 2.25. The van der Waals surface area contributed by atoms with Crippen LogP contribution in [0.25, 0.3) is 11.4 Å². The third-order valence-corrected chi connectivity index (χ3v) is 2.56. The zero-order valence-corrected chi connectivity index (χ0v) is 10.2. The van der Waals surface area contributed by atoms with E-state index in [0.29, 0.717) is 0 Å². The summed E-state index contributed by atoms with van der Waals surface area (Å²) in [6.45, 7) is 1.55. The van der Waals surface area contributed by atoms with Crippen LogP contribution < -0.4 is 5.73 Å². The molecule has 0 aliphatic carbocycles. The molecular formula is C12H13F2N3O2. The van der Waals surface area contributed by atoms with Crippen molar-refractivity contribution in [1.82, 2.24) is 10.1 Å². The van der Waals surface area contributed by atoms with Crippen molar-refractivity contribution in [3.05, 3.63) is 35.7 Å². The second-order valence-electron chi connectivity index (χ2n) is 4.55. The molecule has 0 amide bonds. The van der Waals surface area contributed by atoms with Crippen molar-refractivity contribution in [2.75, 3.05) is 6.54 Å². The normalized spacial score (nSPS) is 14.4. The van der Waals surface area contributed by atoms with Crippen LogP contribution >= 0.6 is 0 Å². The molecule has 102 valence electrons. The van der Waals surface area contributed by atoms with Gasteiger partial charge in [-0.2, -0.15) is 4.98 Å². The highest BCUT2D eigenvalue weighted by Crippen LogP contribution is 2.20. The minimum Gasteiger partial charge on any atom is -0.388 e. The first-order valence-electron chi connectivity index (χ1n) is 5.61. The molecule has 0 fully saturated rings. The number of aliphatic hydroxyl groups is 1. The maximum absolute atomic E-state index is 13.1. The van der Waals surface area contributed by atoms with Crippen LogP contribution in [-0.2, 0) is 6.42 Å². The summed E-state index contributed by atoms with van der Waals surface area (Å²) in [4.78, 5) is 3.97. The van der Waals surface area contributed by atoms with Crippen LogP contribution in [0.1, 0.15) is 12.8 Å². The molecule has 3 N–H and O–H groups in total. The van der Waals surface area contributed by atoms with Crippen LogP contribution in [0.3, 0.4) is 0 Å². The van der Waals surface area contributed by atoms with Crippen molar-refractivity contribution < 1.29 is 18.4 Å². The van der Waals surface area contributed by atoms with Crippen LogP contribution in [0.2, 0.25) is 0 Å². The molecule has 7 heteroatoms. The number of benzene rings is 1. The van der Waals surface area contributed by atoms with E-state index in [9.17, 15) is 13.9 Å². The predicted molar refractivity (Wildman–Crippen MR) is 63.0 cm³/mol. The minimum absolute atomic E-state index is 0.0271. The van der Waals surface area contributed by atoms with Gasteiger partial charge >= 0.3 is 0 Å². The quantitative estimate of drug-likeness (QED) is 0.873. The van der Waals surface area contributed by atoms with E-state index in [-0.39, 0.29) is 30.2 Å². The molecule has 1 unspecified atom stereocenters. The molecule has 2 rings (SSSR count). The fourth-order valence-corrected chi connectivity index (χ4v) is 1.52. The van der Waals surface area contributed by atoms with E-state index >= 15 is 0 Å². The van der Waals surface area contributed by atoms with Gasteiger partial charge in [-0.15, -0.1) is 0 Å². The van der Waals surface area contributed by atoms with Gasteiger partial charge in [-0.05, 0) is 19.1 Å². The third kappa shape index (κ3) is 3.33. The maximum Gasteiger partial charge on any atom is 0.229 e. The van der Waals surface area contributed by atoms with Crippen molar-refractivity contribution in [2.45, 2.75) is 18.9 Å². The first kappa shape index (κ1) is 13.6. The Bertz CT molecular complexity index is 564. The highest BCUT2D eigenvalue weighted by molar-refractivity contribution is 5.54. The number of hydrogen-bond donors (Lipinski definition) is 2. The van der Waals surface area contributed by atoms with Gasteiger partial charge in [-0.25, -0.2) is 8.78 Å². The lowest BCUT2D eigenvalue weighted by atomic mass is 10.0. The van der Waals surface area contributed by atoms with E-state index in [4.69, 9.17) is 10.3 Å². The van der Waals surface area contributed by atoms with Gasteiger partial charge < -0.3 is 15.4 Å². The summed E-state index contributed by atoms with van der Waals surface area (Å²) < 4.78 is 31.0. The van der Waals surface area contributed by atoms with E-state index < -0.39 is 17.2 Å². The highest BCUT2D eigenvalue weighted by atomic mass is 19.1. The van der Waals surface area contributed by atoms with Gasteiger partial charge in [0.2, 0.25) is 11.7 Å². The molecule has 1 heterocycles. The van der Waals surface area contributed by atoms with Gasteiger partial charge in [0.05, 0.1) is 12.0 Å². The van der Waals surface area contributed by atoms with E-state index in [1.807, 2.05) is 0 Å². The summed E-state index contributed by atoms with van der Waals surface area (Å²) in [6, 6.07) is 2.95. The van der Waals surface area contributed by atoms with E-state index in [2.05, 4.69) is 10.1 Å². The van der Waals surface area contributed by atoms with Crippen molar-refractivity contribution >= 4 is 0 Å². The second kappa shape index (κ2) is 5.02. The Morgan fingerprint density at radius 1 is 1.32 bits per heavy atom. The first-order valence-corrected chi connectivity index (χ1v) is 5.61. The van der Waals surface area contributed by atoms with E-state index in [1.165, 1.54) is 6.92 Å². The van der Waals surface area contributed by atoms with Gasteiger partial charge in [0, 0.05) is 18.2 Å². The van der Waals surface area contributed by atoms with Gasteiger partial charge in [0.15, 0.2) is 0 Å². The second-order valence-corrected chi connectivity index (χ2v) is 4.55. The molecule has 0 bridgehead atoms. The lowest BCUT2D eigenvalue weighted by Gasteiger charge is -2.17. The summed E-state index contributed by atoms with van der Waals surface area (Å²) in [6.07, 6.45) is 0.0638. The number of aromatic nitrogens is 2. The largest absolute Gasteiger partial charge is 0.388 e. The first-order chi connectivity index (χ1) is 8.89. The Morgan fingerprint density at radius 2 is 1.95 bits per heavy atom. The third-order valence-electron chi connectivity index (χ3n) is 2.56. The lowest BCUT2D eigenvalue weighted by Crippen LogP contribution is -2.36. The SMILES string of the molecule is CC(O)(CN)Cc1nc(-c2cc(F)cc(F)c2)no1. The molecule has 19 heavy (non-hydrogen) atoms. The van der Waals surface area contributed by atoms with Gasteiger partial charge in [-0.1, -0.05) is 5.16 Å². The summed E-state index contributed by atoms with van der Waals surface area (Å²) in [5.41, 5.74) is 4.37. The molecule has 2 aromatic rings. The number of nitrogens with zero attached hydrogens (tertiary/aromatic N) is 2. The van der Waals surface area contributed by atoms with Crippen molar-refractivity contribution in [3.63, 3.8) is 0 Å². The van der Waals surface area contributed by atoms with Gasteiger partial charge in [0.1, 0.15) is 11.6 Å². The van der Waals surface area contributed by atoms with Gasteiger partial charge in [0.25, 0.3) is 0 Å². The smallest absolute Gasteiger partial charge is 0.229 e. The van der Waals surface area contributed by atoms with Crippen LogP contribution in [0.4, 0.5) is 8.78 Å². The van der Waals surface area contributed by atoms with Crippen molar-refractivity contribution in [2.24, 2.45) is 5.73 Å². The fraction of sp³-hybridized carbons (Fsp3) is 0.333. The zero-order valence-electron chi connectivity index (χ0n) is 10.2. The molecule has 0 spiro atoms. The Labute approximate surface area is 108 Å². The van der Waals surface area contributed by atoms with Crippen LogP contribution in [0, 0.1) is 11.6 Å².